The number of nitrogens with zero attached hydrogens (tertiary/aromatic N) is 27. The number of nitrogens with two attached hydrogens (primary N) is 1. The predicted octanol–water partition coefficient (Wildman–Crippen LogP) is -18.6. The molecule has 18 aliphatic rings. The van der Waals surface area contributed by atoms with E-state index in [4.69, 9.17) is 56.8 Å². The van der Waals surface area contributed by atoms with Crippen LogP contribution in [-0.2, 0) is 4.79 Å². The second-order valence-corrected chi connectivity index (χ2v) is 23.5. The van der Waals surface area contributed by atoms with Gasteiger partial charge >= 0.3 is 119 Å². The topological polar surface area (TPSA) is 986 Å². The third-order valence-corrected chi connectivity index (χ3v) is 19.7. The summed E-state index contributed by atoms with van der Waals surface area (Å²) >= 11 is 3.65. The first-order chi connectivity index (χ1) is 43.1. The van der Waals surface area contributed by atoms with Gasteiger partial charge in [0.25, 0.3) is 0 Å². The fraction of sp³-hybridized carbons (Fsp3) is 0.667. The largest absolute Gasteiger partial charge is 3.00 e. The quantitative estimate of drug-likeness (QED) is 0.131. The summed E-state index contributed by atoms with van der Waals surface area (Å²) in [5.74, 6) is -0.815. The Morgan fingerprint density at radius 2 is 0.349 bits per heavy atom. The molecule has 599 valence electrons. The van der Waals surface area contributed by atoms with Crippen LogP contribution in [-0.4, -0.2) is 459 Å². The molecule has 0 aromatic rings. The summed E-state index contributed by atoms with van der Waals surface area (Å²) in [5, 5.41) is 52.3. The Hall–Kier alpha value is -10.6. The monoisotopic (exact) mass is 1700 g/mol. The van der Waals surface area contributed by atoms with Crippen LogP contribution in [0.1, 0.15) is 0 Å². The van der Waals surface area contributed by atoms with Gasteiger partial charge in [0.2, 0.25) is 0 Å². The van der Waals surface area contributed by atoms with Gasteiger partial charge in [0.15, 0.2) is 74.0 Å². The summed E-state index contributed by atoms with van der Waals surface area (Å²) in [6.07, 6.45) is -13.9. The van der Waals surface area contributed by atoms with E-state index in [9.17, 15) is 4.79 Å². The number of amides is 24. The molecular formula is C39H71N28NdO37S. The van der Waals surface area contributed by atoms with Crippen LogP contribution in [0.15, 0.2) is 0 Å². The molecule has 1 atom stereocenters. The van der Waals surface area contributed by atoms with Crippen molar-refractivity contribution in [1.82, 2.24) is 118 Å². The Kier molecular flexibility index (Phi) is 28.5. The Morgan fingerprint density at radius 1 is 0.283 bits per heavy atom. The van der Waals surface area contributed by atoms with Crippen LogP contribution < -0.4 is 5.73 Å². The van der Waals surface area contributed by atoms with Gasteiger partial charge in [-0.1, -0.05) is 0 Å². The normalized spacial score (nSPS) is 29.0. The summed E-state index contributed by atoms with van der Waals surface area (Å²) in [6.45, 7) is -5.48. The molecule has 0 saturated carbocycles. The molecule has 0 bridgehead atoms. The van der Waals surface area contributed by atoms with Crippen LogP contribution in [0.4, 0.5) is 57.5 Å². The van der Waals surface area contributed by atoms with Crippen LogP contribution in [0, 0.1) is 86.8 Å². The van der Waals surface area contributed by atoms with Crippen molar-refractivity contribution in [2.45, 2.75) is 80.0 Å². The smallest absolute Gasteiger partial charge is 0.480 e. The molecule has 0 unspecified atom stereocenters. The molecule has 0 spiro atoms. The maximum absolute atomic E-state index is 15.1. The number of carboxylic acid groups (broad SMARTS) is 1. The van der Waals surface area contributed by atoms with E-state index >= 15 is 57.5 Å². The molecule has 106 heavy (non-hydrogen) atoms. The van der Waals surface area contributed by atoms with E-state index in [0.717, 1.165) is 0 Å². The second-order valence-electron chi connectivity index (χ2n) is 23.1. The molecule has 65 nitrogen and oxygen atoms in total. The number of hydrogen-bond donors (Lipinski definition) is 3. The number of urea groups is 12. The van der Waals surface area contributed by atoms with Gasteiger partial charge in [-0.25, -0.2) is 57.5 Å². The Balaban J connectivity index is 0.00000294. The Bertz CT molecular complexity index is 2670. The molecule has 31 N–H and O–H groups in total. The molecule has 18 fully saturated rings. The molecule has 0 aromatic carbocycles. The molecule has 18 saturated heterocycles. The van der Waals surface area contributed by atoms with E-state index < -0.39 is 254 Å². The standard InChI is InChI=1S/C36H36N24O12.C3H7NO2S.3NO3.Nd.14H2O/c61-25-37-1-38-14-16-42(26(38)62)4-46-18-20-50(30(46)66)8-54-22-24-58(34(54)70)11-57-23-21-53(33(57)69)7-49-19-17-45(29(49)65)3-41(25)15-13(37)39-2-40(14)28(64)44(16)6-48(18)32(68)52(20)10-56(22)36(72)60(24)12-59(23)35(71)55(21)9-51(19)31(67)47(17)5-43(15)27(39)63;4-2(1-7)3(5)6;3*2-1(3)4;;;;;;;;;;;;;;;/h13-24H,1-12H2;2,7H,1,4H2,(H,5,6);;;;;14*1H2/q;;3*-1;+3;;;;;;;;;;;;;;/t;2-;;;;;;;;;;;;;;;;;;/m.0................../s1. The summed E-state index contributed by atoms with van der Waals surface area (Å²) < 4.78 is 0. The van der Waals surface area contributed by atoms with Crippen molar-refractivity contribution in [3.63, 3.8) is 0 Å². The van der Waals surface area contributed by atoms with Gasteiger partial charge in [-0.05, 0) is 0 Å². The van der Waals surface area contributed by atoms with E-state index in [-0.39, 0.29) is 123 Å². The molecule has 18 aliphatic heterocycles. The van der Waals surface area contributed by atoms with Crippen LogP contribution in [0.3, 0.4) is 0 Å². The summed E-state index contributed by atoms with van der Waals surface area (Å²) in [7, 11) is 0. The summed E-state index contributed by atoms with van der Waals surface area (Å²) in [4.78, 5) is 248. The Morgan fingerprint density at radius 3 is 0.387 bits per heavy atom. The zero-order valence-electron chi connectivity index (χ0n) is 53.2. The number of hydrogen-bond acceptors (Lipinski definition) is 24. The van der Waals surface area contributed by atoms with E-state index in [1.807, 2.05) is 0 Å². The molecule has 0 aliphatic carbocycles. The van der Waals surface area contributed by atoms with Gasteiger partial charge in [-0.3, -0.25) is 122 Å². The van der Waals surface area contributed by atoms with Crippen molar-refractivity contribution < 1.29 is 200 Å². The number of carbonyl (C=O) groups is 13. The van der Waals surface area contributed by atoms with Crippen molar-refractivity contribution in [2.24, 2.45) is 5.73 Å². The maximum Gasteiger partial charge on any atom is 3.00 e. The van der Waals surface area contributed by atoms with Gasteiger partial charge in [0.05, 0.1) is 15.3 Å². The number of aliphatic carboxylic acids is 1. The van der Waals surface area contributed by atoms with Crippen molar-refractivity contribution >= 4 is 91.0 Å². The minimum Gasteiger partial charge on any atom is -0.480 e. The van der Waals surface area contributed by atoms with Gasteiger partial charge < -0.3 is 133 Å². The molecule has 18 heterocycles. The SMILES string of the molecule is N[C@@H](CS)C(=O)O.O.O.O.O.O.O.O.O.O.O.O.O.O.O.O=C1N2CN3C(=O)N4CN5C(=O)N6CN7C(=O)N8CN9C(=O)N%10CN%11C(=O)N%12CN1C1C2N2CN%13C(=O)N(CN%14C(=O)N(CN%15C(=O)N(CN%16C(=O)N(CN%17C(=O)N(CN1C2=O)C%12C%11%17)C%10C9%16)C8C7%15)C6C5%14)C4C3%13.O=[N+]([O-])[O-].O=[N+]([O-])[O-].O=[N+]([O-])[O-].[Nd+3]. The third kappa shape index (κ3) is 11.9. The van der Waals surface area contributed by atoms with Crippen molar-refractivity contribution in [1.29, 1.82) is 0 Å². The van der Waals surface area contributed by atoms with E-state index in [2.05, 4.69) is 12.6 Å². The first-order valence-electron chi connectivity index (χ1n) is 27.0. The molecule has 67 heteroatoms. The van der Waals surface area contributed by atoms with Crippen molar-refractivity contribution in [2.75, 3.05) is 85.8 Å². The van der Waals surface area contributed by atoms with Crippen molar-refractivity contribution in [3.05, 3.63) is 46.0 Å². The molecule has 1 radical (unpaired) electrons. The number of carbonyl (C=O) groups excluding carboxylic acids is 12. The zero-order chi connectivity index (χ0) is 64.8. The first kappa shape index (κ1) is 95.4. The fourth-order valence-electron chi connectivity index (χ4n) is 16.1. The maximum atomic E-state index is 15.1. The number of rotatable bonds is 2. The average molecular weight is 1700 g/mol. The van der Waals surface area contributed by atoms with Gasteiger partial charge in [-0.2, -0.15) is 12.6 Å². The molecule has 0 aromatic heterocycles. The molecule has 18 rings (SSSR count). The first-order valence-corrected chi connectivity index (χ1v) is 27.7. The minimum atomic E-state index is -1.75. The molecular weight excluding hydrogens is 1630 g/mol. The van der Waals surface area contributed by atoms with E-state index in [1.165, 1.54) is 118 Å². The van der Waals surface area contributed by atoms with Crippen LogP contribution >= 0.6 is 12.6 Å². The number of carboxylic acids is 1. The summed E-state index contributed by atoms with van der Waals surface area (Å²) in [6, 6.07) is -8.71. The fourth-order valence-corrected chi connectivity index (χ4v) is 16.2. The third-order valence-electron chi connectivity index (χ3n) is 19.3. The average Bonchev–Trinajstić information content (AvgIpc) is 1.52. The zero-order valence-corrected chi connectivity index (χ0v) is 57.3. The number of thiol groups is 1. The van der Waals surface area contributed by atoms with Gasteiger partial charge in [0, 0.05) is 5.75 Å². The predicted molar refractivity (Wildman–Crippen MR) is 324 cm³/mol. The Labute approximate surface area is 623 Å². The van der Waals surface area contributed by atoms with Crippen molar-refractivity contribution in [3.8, 4) is 0 Å². The van der Waals surface area contributed by atoms with E-state index in [1.54, 1.807) is 0 Å². The van der Waals surface area contributed by atoms with Crippen LogP contribution in [0.5, 0.6) is 0 Å². The van der Waals surface area contributed by atoms with Crippen LogP contribution in [0.25, 0.3) is 0 Å². The van der Waals surface area contributed by atoms with Gasteiger partial charge in [0.1, 0.15) is 86.1 Å². The van der Waals surface area contributed by atoms with Crippen LogP contribution in [0.2, 0.25) is 0 Å². The second kappa shape index (κ2) is 31.6. The minimum absolute atomic E-state index is 0. The van der Waals surface area contributed by atoms with Gasteiger partial charge in [-0.15, -0.1) is 0 Å². The summed E-state index contributed by atoms with van der Waals surface area (Å²) in [5.41, 5.74) is 4.94. The van der Waals surface area contributed by atoms with E-state index in [0.29, 0.717) is 0 Å². The molecule has 24 amide bonds.